The summed E-state index contributed by atoms with van der Waals surface area (Å²) in [6, 6.07) is 16.1. The van der Waals surface area contributed by atoms with Crippen molar-refractivity contribution in [1.82, 2.24) is 15.2 Å². The molecule has 0 aliphatic heterocycles. The number of nitrogens with one attached hydrogen (secondary N) is 1. The third kappa shape index (κ3) is 4.09. The fourth-order valence-corrected chi connectivity index (χ4v) is 3.90. The first-order valence-electron chi connectivity index (χ1n) is 9.87. The predicted molar refractivity (Wildman–Crippen MR) is 114 cm³/mol. The van der Waals surface area contributed by atoms with Crippen LogP contribution in [0.1, 0.15) is 28.3 Å². The van der Waals surface area contributed by atoms with Crippen LogP contribution in [0.25, 0.3) is 22.6 Å². The lowest BCUT2D eigenvalue weighted by Gasteiger charge is -2.28. The Labute approximate surface area is 190 Å². The van der Waals surface area contributed by atoms with Gasteiger partial charge in [0.05, 0.1) is 18.2 Å². The number of carboxylic acids is 1. The molecule has 0 fully saturated rings. The molecule has 0 amide bonds. The van der Waals surface area contributed by atoms with Crippen molar-refractivity contribution >= 4 is 11.8 Å². The molecule has 11 heteroatoms. The summed E-state index contributed by atoms with van der Waals surface area (Å²) >= 11 is 0. The van der Waals surface area contributed by atoms with Gasteiger partial charge >= 0.3 is 12.1 Å². The maximum atomic E-state index is 10.6. The van der Waals surface area contributed by atoms with Gasteiger partial charge in [0.25, 0.3) is 0 Å². The van der Waals surface area contributed by atoms with Gasteiger partial charge in [0.15, 0.2) is 0 Å². The minimum absolute atomic E-state index is 0.00875. The second-order valence-corrected chi connectivity index (χ2v) is 7.33. The molecule has 5 rings (SSSR count). The summed E-state index contributed by atoms with van der Waals surface area (Å²) in [5.74, 6) is -1.93. The molecule has 8 nitrogen and oxygen atoms in total. The summed E-state index contributed by atoms with van der Waals surface area (Å²) < 4.78 is 37.4. The molecule has 4 N–H and O–H groups in total. The Morgan fingerprint density at radius 1 is 1.24 bits per heavy atom. The lowest BCUT2D eigenvalue weighted by molar-refractivity contribution is -0.192. The average Bonchev–Trinajstić information content (AvgIpc) is 3.50. The molecule has 0 saturated carbocycles. The molecule has 0 bridgehead atoms. The zero-order chi connectivity index (χ0) is 24.5. The lowest BCUT2D eigenvalue weighted by Crippen LogP contribution is -2.21. The second-order valence-electron chi connectivity index (χ2n) is 7.33. The van der Waals surface area contributed by atoms with Crippen LogP contribution in [0.2, 0.25) is 0 Å². The first-order valence-corrected chi connectivity index (χ1v) is 9.87. The number of nitrogens with zero attached hydrogens (tertiary/aromatic N) is 3. The number of anilines is 1. The van der Waals surface area contributed by atoms with E-state index >= 15 is 0 Å². The van der Waals surface area contributed by atoms with Gasteiger partial charge in [-0.3, -0.25) is 5.10 Å². The van der Waals surface area contributed by atoms with Crippen molar-refractivity contribution in [2.75, 3.05) is 5.73 Å². The molecule has 4 aromatic rings. The topological polar surface area (TPSA) is 142 Å². The fraction of sp³-hybridized carbons (Fsp3) is 0.130. The van der Waals surface area contributed by atoms with Gasteiger partial charge in [-0.1, -0.05) is 30.3 Å². The highest BCUT2D eigenvalue weighted by Gasteiger charge is 2.38. The minimum atomic E-state index is -5.08. The summed E-state index contributed by atoms with van der Waals surface area (Å²) in [4.78, 5) is 13.5. The number of fused-ring (bicyclic) bond motifs is 3. The van der Waals surface area contributed by atoms with Crippen LogP contribution < -0.4 is 5.73 Å². The Morgan fingerprint density at radius 2 is 1.94 bits per heavy atom. The number of carboxylic acid groups (broad SMARTS) is 1. The third-order valence-electron chi connectivity index (χ3n) is 5.32. The zero-order valence-corrected chi connectivity index (χ0v) is 17.3. The fourth-order valence-electron chi connectivity index (χ4n) is 3.90. The Balaban J connectivity index is 0.000000344. The van der Waals surface area contributed by atoms with Crippen molar-refractivity contribution < 1.29 is 27.5 Å². The number of aliphatic carboxylic acids is 1. The van der Waals surface area contributed by atoms with Gasteiger partial charge in [-0.2, -0.15) is 23.5 Å². The number of rotatable bonds is 2. The van der Waals surface area contributed by atoms with E-state index in [4.69, 9.17) is 20.1 Å². The van der Waals surface area contributed by atoms with Crippen molar-refractivity contribution in [3.05, 3.63) is 77.3 Å². The van der Waals surface area contributed by atoms with E-state index in [1.54, 1.807) is 12.5 Å². The number of aromatic amines is 1. The molecule has 34 heavy (non-hydrogen) atoms. The van der Waals surface area contributed by atoms with Crippen LogP contribution in [-0.4, -0.2) is 32.4 Å². The molecule has 1 unspecified atom stereocenters. The van der Waals surface area contributed by atoms with Crippen molar-refractivity contribution in [2.24, 2.45) is 0 Å². The van der Waals surface area contributed by atoms with Crippen molar-refractivity contribution in [3.8, 4) is 28.7 Å². The van der Waals surface area contributed by atoms with Gasteiger partial charge in [0.1, 0.15) is 23.2 Å². The molecule has 172 valence electrons. The smallest absolute Gasteiger partial charge is 0.475 e. The highest BCUT2D eigenvalue weighted by molar-refractivity contribution is 5.85. The maximum Gasteiger partial charge on any atom is 0.490 e. The molecule has 3 aromatic heterocycles. The highest BCUT2D eigenvalue weighted by Crippen LogP contribution is 2.47. The number of halogens is 3. The van der Waals surface area contributed by atoms with Crippen LogP contribution in [0.3, 0.4) is 0 Å². The Bertz CT molecular complexity index is 1370. The monoisotopic (exact) mass is 467 g/mol. The van der Waals surface area contributed by atoms with Crippen LogP contribution >= 0.6 is 0 Å². The molecular formula is C23H16F3N5O3. The molecule has 1 aliphatic carbocycles. The normalized spacial score (nSPS) is 14.2. The first kappa shape index (κ1) is 22.6. The number of aromatic nitrogens is 3. The maximum absolute atomic E-state index is 10.6. The van der Waals surface area contributed by atoms with Crippen molar-refractivity contribution in [1.29, 1.82) is 5.26 Å². The summed E-state index contributed by atoms with van der Waals surface area (Å²) in [6.45, 7) is 0. The number of benzene rings is 1. The van der Waals surface area contributed by atoms with E-state index in [0.29, 0.717) is 16.9 Å². The lowest BCUT2D eigenvalue weighted by atomic mass is 9.77. The van der Waals surface area contributed by atoms with Crippen LogP contribution in [0.4, 0.5) is 19.0 Å². The average molecular weight is 467 g/mol. The molecule has 0 saturated heterocycles. The first-order chi connectivity index (χ1) is 16.2. The number of pyridine rings is 1. The van der Waals surface area contributed by atoms with Gasteiger partial charge in [0, 0.05) is 29.2 Å². The van der Waals surface area contributed by atoms with E-state index in [1.807, 2.05) is 30.3 Å². The number of nitrogen functional groups attached to an aromatic ring is 1. The molecule has 1 aromatic carbocycles. The molecular weight excluding hydrogens is 451 g/mol. The molecule has 1 atom stereocenters. The van der Waals surface area contributed by atoms with E-state index < -0.39 is 12.1 Å². The Morgan fingerprint density at radius 3 is 2.53 bits per heavy atom. The van der Waals surface area contributed by atoms with E-state index in [0.717, 1.165) is 34.5 Å². The molecule has 1 aliphatic rings. The molecule has 0 radical (unpaired) electrons. The Hall–Kier alpha value is -4.59. The SMILES string of the molecule is N#Cc1c(N)nc2c(c1-c1ccco1)C(c1ccccc1)Cc1[nH]ncc1-2.O=C(O)C(F)(F)F. The van der Waals surface area contributed by atoms with E-state index in [1.165, 1.54) is 0 Å². The van der Waals surface area contributed by atoms with Gasteiger partial charge < -0.3 is 15.3 Å². The second kappa shape index (κ2) is 8.74. The van der Waals surface area contributed by atoms with Crippen LogP contribution in [-0.2, 0) is 11.2 Å². The van der Waals surface area contributed by atoms with Crippen LogP contribution in [0, 0.1) is 11.3 Å². The van der Waals surface area contributed by atoms with Crippen LogP contribution in [0.15, 0.2) is 59.3 Å². The highest BCUT2D eigenvalue weighted by atomic mass is 19.4. The van der Waals surface area contributed by atoms with E-state index in [2.05, 4.69) is 33.4 Å². The summed E-state index contributed by atoms with van der Waals surface area (Å²) in [5, 5.41) is 24.2. The predicted octanol–water partition coefficient (Wildman–Crippen LogP) is 4.51. The van der Waals surface area contributed by atoms with Gasteiger partial charge in [-0.15, -0.1) is 0 Å². The zero-order valence-electron chi connectivity index (χ0n) is 17.3. The van der Waals surface area contributed by atoms with Gasteiger partial charge in [-0.05, 0) is 23.3 Å². The van der Waals surface area contributed by atoms with Crippen molar-refractivity contribution in [2.45, 2.75) is 18.5 Å². The number of hydrogen-bond donors (Lipinski definition) is 3. The summed E-state index contributed by atoms with van der Waals surface area (Å²) in [6.07, 6.45) is -0.987. The van der Waals surface area contributed by atoms with E-state index in [9.17, 15) is 18.4 Å². The third-order valence-corrected chi connectivity index (χ3v) is 5.32. The summed E-state index contributed by atoms with van der Waals surface area (Å²) in [5.41, 5.74) is 12.0. The largest absolute Gasteiger partial charge is 0.490 e. The Kier molecular flexibility index (Phi) is 5.81. The standard InChI is InChI=1S/C21H15N5O.C2HF3O2/c22-10-14-18(17-7-4-8-27-17)19-13(12-5-2-1-3-6-12)9-16-15(11-24-26-16)20(19)25-21(14)23;3-2(4,5)1(6)7/h1-8,11,13H,9H2,(H2,23,25)(H,24,26);(H,6,7). The summed E-state index contributed by atoms with van der Waals surface area (Å²) in [7, 11) is 0. The minimum Gasteiger partial charge on any atom is -0.475 e. The van der Waals surface area contributed by atoms with Crippen molar-refractivity contribution in [3.63, 3.8) is 0 Å². The number of furan rings is 1. The molecule has 0 spiro atoms. The quantitative estimate of drug-likeness (QED) is 0.394. The number of nitriles is 1. The molecule has 3 heterocycles. The number of H-pyrrole nitrogens is 1. The number of nitrogens with two attached hydrogens (primary N) is 1. The number of hydrogen-bond acceptors (Lipinski definition) is 6. The number of carbonyl (C=O) groups is 1. The van der Waals surface area contributed by atoms with Crippen LogP contribution in [0.5, 0.6) is 0 Å². The van der Waals surface area contributed by atoms with Gasteiger partial charge in [-0.25, -0.2) is 9.78 Å². The van der Waals surface area contributed by atoms with E-state index in [-0.39, 0.29) is 11.7 Å². The number of alkyl halides is 3. The van der Waals surface area contributed by atoms with Gasteiger partial charge in [0.2, 0.25) is 0 Å².